The number of amides is 1. The maximum absolute atomic E-state index is 12.3. The smallest absolute Gasteiger partial charge is 0.322 e. The predicted octanol–water partition coefficient (Wildman–Crippen LogP) is -1.29. The van der Waals surface area contributed by atoms with E-state index in [-0.39, 0.29) is 18.1 Å². The molecule has 1 fully saturated rings. The van der Waals surface area contributed by atoms with Gasteiger partial charge in [0.05, 0.1) is 6.10 Å². The number of hydrogen-bond donors (Lipinski definition) is 3. The molecule has 2 heterocycles. The molecule has 2 atom stereocenters. The Hall–Kier alpha value is -1.63. The normalized spacial score (nSPS) is 23.1. The van der Waals surface area contributed by atoms with Crippen LogP contribution in [0.5, 0.6) is 0 Å². The van der Waals surface area contributed by atoms with Gasteiger partial charge in [0.1, 0.15) is 6.04 Å². The zero-order valence-corrected chi connectivity index (χ0v) is 12.4. The van der Waals surface area contributed by atoms with Crippen molar-refractivity contribution in [3.63, 3.8) is 0 Å². The van der Waals surface area contributed by atoms with E-state index >= 15 is 0 Å². The number of nitrogens with zero attached hydrogens (tertiary/aromatic N) is 3. The number of anilines is 1. The highest BCUT2D eigenvalue weighted by molar-refractivity contribution is 7.91. The number of β-amino-alcohol motifs (C(OH)–C–C–N with tert-alkyl or cyclic N) is 1. The topological polar surface area (TPSA) is 150 Å². The van der Waals surface area contributed by atoms with Gasteiger partial charge < -0.3 is 15.5 Å². The summed E-state index contributed by atoms with van der Waals surface area (Å²) in [6, 6.07) is -1.35. The van der Waals surface area contributed by atoms with Gasteiger partial charge in [-0.25, -0.2) is 8.42 Å². The van der Waals surface area contributed by atoms with E-state index in [9.17, 15) is 23.1 Å². The summed E-state index contributed by atoms with van der Waals surface area (Å²) in [6.07, 6.45) is -1.24. The van der Waals surface area contributed by atoms with Gasteiger partial charge in [0.15, 0.2) is 0 Å². The minimum atomic E-state index is -4.19. The van der Waals surface area contributed by atoms with E-state index in [0.29, 0.717) is 15.6 Å². The highest BCUT2D eigenvalue weighted by atomic mass is 32.2. The molecule has 1 aliphatic heterocycles. The number of rotatable bonds is 4. The Kier molecular flexibility index (Phi) is 4.22. The van der Waals surface area contributed by atoms with Crippen molar-refractivity contribution in [3.8, 4) is 0 Å². The first-order valence-electron chi connectivity index (χ1n) is 5.75. The van der Waals surface area contributed by atoms with E-state index in [2.05, 4.69) is 15.5 Å². The van der Waals surface area contributed by atoms with Crippen LogP contribution in [0.4, 0.5) is 5.13 Å². The van der Waals surface area contributed by atoms with Crippen molar-refractivity contribution in [2.45, 2.75) is 29.8 Å². The van der Waals surface area contributed by atoms with Crippen LogP contribution in [-0.2, 0) is 19.6 Å². The van der Waals surface area contributed by atoms with Crippen molar-refractivity contribution in [3.05, 3.63) is 0 Å². The van der Waals surface area contributed by atoms with Gasteiger partial charge in [-0.1, -0.05) is 11.3 Å². The summed E-state index contributed by atoms with van der Waals surface area (Å²) in [5, 5.41) is 27.8. The van der Waals surface area contributed by atoms with Crippen LogP contribution in [0.1, 0.15) is 13.3 Å². The van der Waals surface area contributed by atoms with Crippen LogP contribution >= 0.6 is 11.3 Å². The quantitative estimate of drug-likeness (QED) is 0.574. The Morgan fingerprint density at radius 1 is 1.43 bits per heavy atom. The zero-order chi connectivity index (χ0) is 15.8. The van der Waals surface area contributed by atoms with Crippen molar-refractivity contribution in [1.29, 1.82) is 0 Å². The molecule has 0 saturated carbocycles. The third-order valence-electron chi connectivity index (χ3n) is 2.74. The van der Waals surface area contributed by atoms with Crippen molar-refractivity contribution in [2.24, 2.45) is 0 Å². The molecule has 0 aromatic carbocycles. The zero-order valence-electron chi connectivity index (χ0n) is 10.8. The predicted molar refractivity (Wildman–Crippen MR) is 70.2 cm³/mol. The van der Waals surface area contributed by atoms with E-state index < -0.39 is 38.4 Å². The summed E-state index contributed by atoms with van der Waals surface area (Å²) in [5.74, 6) is -1.78. The number of nitrogens with one attached hydrogen (secondary N) is 1. The van der Waals surface area contributed by atoms with Crippen molar-refractivity contribution in [1.82, 2.24) is 14.5 Å². The van der Waals surface area contributed by atoms with Gasteiger partial charge >= 0.3 is 5.97 Å². The fourth-order valence-electron chi connectivity index (χ4n) is 1.89. The average Bonchev–Trinajstić information content (AvgIpc) is 2.95. The highest BCUT2D eigenvalue weighted by Gasteiger charge is 2.45. The molecule has 0 aliphatic carbocycles. The molecule has 0 radical (unpaired) electrons. The van der Waals surface area contributed by atoms with Crippen molar-refractivity contribution >= 4 is 38.4 Å². The molecule has 21 heavy (non-hydrogen) atoms. The highest BCUT2D eigenvalue weighted by Crippen LogP contribution is 2.29. The summed E-state index contributed by atoms with van der Waals surface area (Å²) in [6.45, 7) is 0.904. The fourth-order valence-corrected chi connectivity index (χ4v) is 4.58. The molecule has 12 heteroatoms. The first kappa shape index (κ1) is 15.8. The Bertz CT molecular complexity index is 672. The standard InChI is InChI=1S/C9H12N4O6S2/c1-4(14)10-8-11-12-9(20-8)21(18,19)13-3-5(15)2-6(13)7(16)17/h5-6,15H,2-3H2,1H3,(H,16,17)(H,10,11,14)/t5?,6-/m0/s1. The second-order valence-electron chi connectivity index (χ2n) is 4.37. The van der Waals surface area contributed by atoms with Crippen LogP contribution in [0.2, 0.25) is 0 Å². The summed E-state index contributed by atoms with van der Waals surface area (Å²) in [4.78, 5) is 21.9. The van der Waals surface area contributed by atoms with Crippen LogP contribution in [0.25, 0.3) is 0 Å². The molecule has 1 aliphatic rings. The molecule has 0 spiro atoms. The largest absolute Gasteiger partial charge is 0.480 e. The van der Waals surface area contributed by atoms with Crippen molar-refractivity contribution < 1.29 is 28.2 Å². The van der Waals surface area contributed by atoms with Gasteiger partial charge in [-0.2, -0.15) is 4.31 Å². The van der Waals surface area contributed by atoms with Gasteiger partial charge in [-0.3, -0.25) is 9.59 Å². The van der Waals surface area contributed by atoms with Crippen LogP contribution in [0.15, 0.2) is 4.34 Å². The summed E-state index contributed by atoms with van der Waals surface area (Å²) in [5.41, 5.74) is 0. The molecule has 10 nitrogen and oxygen atoms in total. The number of sulfonamides is 1. The van der Waals surface area contributed by atoms with Gasteiger partial charge in [-0.15, -0.1) is 10.2 Å². The molecule has 3 N–H and O–H groups in total. The van der Waals surface area contributed by atoms with Gasteiger partial charge in [-0.05, 0) is 0 Å². The summed E-state index contributed by atoms with van der Waals surface area (Å²) in [7, 11) is -4.19. The molecule has 116 valence electrons. The summed E-state index contributed by atoms with van der Waals surface area (Å²) < 4.78 is 24.9. The number of aliphatic hydroxyl groups excluding tert-OH is 1. The van der Waals surface area contributed by atoms with E-state index in [1.807, 2.05) is 0 Å². The second kappa shape index (κ2) is 5.63. The number of carbonyl (C=O) groups excluding carboxylic acids is 1. The first-order chi connectivity index (χ1) is 9.71. The van der Waals surface area contributed by atoms with Crippen LogP contribution < -0.4 is 5.32 Å². The molecule has 1 amide bonds. The molecular formula is C9H12N4O6S2. The van der Waals surface area contributed by atoms with Crippen molar-refractivity contribution in [2.75, 3.05) is 11.9 Å². The minimum Gasteiger partial charge on any atom is -0.480 e. The molecule has 0 bridgehead atoms. The third kappa shape index (κ3) is 3.18. The average molecular weight is 336 g/mol. The molecule has 1 aromatic heterocycles. The maximum Gasteiger partial charge on any atom is 0.322 e. The third-order valence-corrected chi connectivity index (χ3v) is 5.80. The number of hydrogen-bond acceptors (Lipinski definition) is 8. The Balaban J connectivity index is 2.30. The van der Waals surface area contributed by atoms with Gasteiger partial charge in [0.25, 0.3) is 10.0 Å². The van der Waals surface area contributed by atoms with Crippen LogP contribution in [0.3, 0.4) is 0 Å². The Morgan fingerprint density at radius 2 is 2.10 bits per heavy atom. The van der Waals surface area contributed by atoms with Crippen LogP contribution in [-0.4, -0.2) is 63.7 Å². The second-order valence-corrected chi connectivity index (χ2v) is 7.41. The molecule has 1 saturated heterocycles. The van der Waals surface area contributed by atoms with E-state index in [0.717, 1.165) is 0 Å². The number of aliphatic hydroxyl groups is 1. The Morgan fingerprint density at radius 3 is 2.67 bits per heavy atom. The minimum absolute atomic E-state index is 0.00676. The van der Waals surface area contributed by atoms with E-state index in [1.165, 1.54) is 6.92 Å². The number of aromatic nitrogens is 2. The van der Waals surface area contributed by atoms with E-state index in [1.54, 1.807) is 0 Å². The SMILES string of the molecule is CC(=O)Nc1nnc(S(=O)(=O)N2CC(O)C[C@H]2C(=O)O)s1. The fraction of sp³-hybridized carbons (Fsp3) is 0.556. The maximum atomic E-state index is 12.3. The van der Waals surface area contributed by atoms with Gasteiger partial charge in [0.2, 0.25) is 15.4 Å². The van der Waals surface area contributed by atoms with Crippen LogP contribution in [0, 0.1) is 0 Å². The summed E-state index contributed by atoms with van der Waals surface area (Å²) >= 11 is 0.612. The monoisotopic (exact) mass is 336 g/mol. The lowest BCUT2D eigenvalue weighted by molar-refractivity contribution is -0.140. The lowest BCUT2D eigenvalue weighted by Crippen LogP contribution is -2.40. The van der Waals surface area contributed by atoms with E-state index in [4.69, 9.17) is 5.11 Å². The number of carbonyl (C=O) groups is 2. The molecule has 1 unspecified atom stereocenters. The molecular weight excluding hydrogens is 324 g/mol. The molecule has 2 rings (SSSR count). The lowest BCUT2D eigenvalue weighted by atomic mass is 10.2. The first-order valence-corrected chi connectivity index (χ1v) is 8.01. The lowest BCUT2D eigenvalue weighted by Gasteiger charge is -2.18. The molecule has 1 aromatic rings. The number of aliphatic carboxylic acids is 1. The Labute approximate surface area is 123 Å². The number of carboxylic acid groups (broad SMARTS) is 1. The number of carboxylic acids is 1. The van der Waals surface area contributed by atoms with Gasteiger partial charge in [0, 0.05) is 19.9 Å².